The molecule has 1 fully saturated rings. The summed E-state index contributed by atoms with van der Waals surface area (Å²) in [5, 5.41) is 35.8. The van der Waals surface area contributed by atoms with Crippen LogP contribution in [0.4, 0.5) is 5.69 Å². The maximum absolute atomic E-state index is 12.6. The second kappa shape index (κ2) is 14.4. The topological polar surface area (TPSA) is 136 Å². The molecule has 50 heavy (non-hydrogen) atoms. The van der Waals surface area contributed by atoms with Crippen LogP contribution < -0.4 is 30.7 Å². The molecule has 3 aromatic rings. The van der Waals surface area contributed by atoms with E-state index < -0.39 is 0 Å². The Hall–Kier alpha value is -5.06. The number of aliphatic hydroxyl groups excluding tert-OH is 2. The van der Waals surface area contributed by atoms with Gasteiger partial charge in [0.15, 0.2) is 0 Å². The highest BCUT2D eigenvalue weighted by Crippen LogP contribution is 2.61. The number of ether oxygens (including phenoxy) is 1. The average molecular weight is 676 g/mol. The van der Waals surface area contributed by atoms with Gasteiger partial charge in [-0.15, -0.1) is 0 Å². The third-order valence-electron chi connectivity index (χ3n) is 10.2. The maximum Gasteiger partial charge on any atom is 0.220 e. The van der Waals surface area contributed by atoms with E-state index in [0.29, 0.717) is 13.0 Å². The van der Waals surface area contributed by atoms with E-state index in [1.54, 1.807) is 0 Å². The number of hydrogen-bond acceptors (Lipinski definition) is 8. The van der Waals surface area contributed by atoms with Crippen molar-refractivity contribution in [3.8, 4) is 11.5 Å². The van der Waals surface area contributed by atoms with Crippen molar-refractivity contribution in [2.75, 3.05) is 38.7 Å². The molecule has 0 aromatic heterocycles. The second-order valence-electron chi connectivity index (χ2n) is 13.6. The van der Waals surface area contributed by atoms with Crippen molar-refractivity contribution in [2.24, 2.45) is 27.5 Å². The number of allylic oxidation sites excluding steroid dienone is 1. The number of carbonyl (C=O) groups is 2. The summed E-state index contributed by atoms with van der Waals surface area (Å²) in [7, 11) is 3.99. The van der Waals surface area contributed by atoms with Gasteiger partial charge in [0, 0.05) is 85.2 Å². The van der Waals surface area contributed by atoms with E-state index in [2.05, 4.69) is 52.5 Å². The van der Waals surface area contributed by atoms with Crippen molar-refractivity contribution in [3.63, 3.8) is 0 Å². The minimum atomic E-state index is -0.200. The van der Waals surface area contributed by atoms with Gasteiger partial charge in [-0.05, 0) is 71.5 Å². The lowest BCUT2D eigenvalue weighted by Gasteiger charge is -2.24. The largest absolute Gasteiger partial charge is 0.456 e. The molecule has 6 rings (SSSR count). The standard InChI is InChI=1S/C40H45N5O5/c1-24-9-14-29-34(19-24)50-35-21-28(45(4)5)13-15-30(35)38(29)31-20-26(10-12-27(31)23-47)11-16-33-39-32(40(39,3)25(2)43-44-33)22-42-37(49)8-6-7-36(48)41-17-18-46/h9-16,19-21,32,39,46-47H,1,6-8,17-18,22-23H2,2-5H3,(H,41,48)(H,42,49)/b16-11+. The molecule has 10 nitrogen and oxygen atoms in total. The molecule has 3 aliphatic rings. The zero-order valence-electron chi connectivity index (χ0n) is 29.1. The van der Waals surface area contributed by atoms with Gasteiger partial charge in [0.05, 0.1) is 18.9 Å². The number of carbonyl (C=O) groups excluding carboxylic acids is 2. The molecule has 0 saturated heterocycles. The number of nitrogens with zero attached hydrogens (tertiary/aromatic N) is 3. The van der Waals surface area contributed by atoms with Gasteiger partial charge in [-0.25, -0.2) is 0 Å². The Morgan fingerprint density at radius 1 is 0.960 bits per heavy atom. The van der Waals surface area contributed by atoms with Crippen LogP contribution in [0.1, 0.15) is 55.4 Å². The summed E-state index contributed by atoms with van der Waals surface area (Å²) in [4.78, 5) is 26.4. The molecule has 0 radical (unpaired) electrons. The zero-order chi connectivity index (χ0) is 35.6. The van der Waals surface area contributed by atoms with Crippen LogP contribution in [0.15, 0.2) is 70.9 Å². The molecule has 2 amide bonds. The van der Waals surface area contributed by atoms with Crippen LogP contribution in [0.2, 0.25) is 0 Å². The normalized spacial score (nSPS) is 20.2. The number of benzene rings is 3. The SMILES string of the molecule is C=c1ccc2c(c1)Oc1cc(N(C)C)ccc1C=2c1cc(/C=C/C2=NN=C(C)C3(C)C(CNC(=O)CCCC(=O)NCCO)C23)ccc1CO. The molecular weight excluding hydrogens is 630 g/mol. The average Bonchev–Trinajstić information content (AvgIpc) is 3.73. The lowest BCUT2D eigenvalue weighted by molar-refractivity contribution is -0.122. The Morgan fingerprint density at radius 3 is 2.48 bits per heavy atom. The molecular formula is C40H45N5O5. The van der Waals surface area contributed by atoms with Gasteiger partial charge in [0.1, 0.15) is 11.5 Å². The first-order valence-corrected chi connectivity index (χ1v) is 17.1. The van der Waals surface area contributed by atoms with E-state index in [1.807, 2.05) is 74.5 Å². The van der Waals surface area contributed by atoms with Gasteiger partial charge >= 0.3 is 0 Å². The Balaban J connectivity index is 1.23. The minimum Gasteiger partial charge on any atom is -0.456 e. The fourth-order valence-electron chi connectivity index (χ4n) is 7.13. The summed E-state index contributed by atoms with van der Waals surface area (Å²) in [6.45, 7) is 8.75. The van der Waals surface area contributed by atoms with Crippen LogP contribution >= 0.6 is 0 Å². The zero-order valence-corrected chi connectivity index (χ0v) is 29.1. The molecule has 0 bridgehead atoms. The summed E-state index contributed by atoms with van der Waals surface area (Å²) in [5.41, 5.74) is 7.22. The van der Waals surface area contributed by atoms with Gasteiger partial charge in [-0.2, -0.15) is 10.2 Å². The number of nitrogens with one attached hydrogen (secondary N) is 2. The molecule has 0 spiro atoms. The first-order valence-electron chi connectivity index (χ1n) is 17.1. The molecule has 2 heterocycles. The monoisotopic (exact) mass is 675 g/mol. The van der Waals surface area contributed by atoms with E-state index >= 15 is 0 Å². The Bertz CT molecular complexity index is 2030. The van der Waals surface area contributed by atoms with Gasteiger partial charge < -0.3 is 30.5 Å². The van der Waals surface area contributed by atoms with Crippen LogP contribution in [0.3, 0.4) is 0 Å². The van der Waals surface area contributed by atoms with Crippen LogP contribution in [0.25, 0.3) is 18.2 Å². The maximum atomic E-state index is 12.6. The number of aliphatic hydroxyl groups is 2. The van der Waals surface area contributed by atoms with Crippen molar-refractivity contribution < 1.29 is 24.5 Å². The van der Waals surface area contributed by atoms with Crippen molar-refractivity contribution in [1.82, 2.24) is 10.6 Å². The number of fused-ring (bicyclic) bond motifs is 3. The van der Waals surface area contributed by atoms with Crippen molar-refractivity contribution in [2.45, 2.75) is 39.7 Å². The Labute approximate surface area is 292 Å². The van der Waals surface area contributed by atoms with E-state index in [0.717, 1.165) is 66.9 Å². The third-order valence-corrected chi connectivity index (χ3v) is 10.2. The molecule has 1 aliphatic carbocycles. The molecule has 2 aliphatic heterocycles. The number of hydrogen-bond donors (Lipinski definition) is 4. The number of anilines is 1. The first-order chi connectivity index (χ1) is 24.0. The van der Waals surface area contributed by atoms with Crippen molar-refractivity contribution >= 4 is 47.2 Å². The highest BCUT2D eigenvalue weighted by molar-refractivity contribution is 6.10. The molecule has 4 N–H and O–H groups in total. The number of rotatable bonds is 13. The smallest absolute Gasteiger partial charge is 0.220 e. The lowest BCUT2D eigenvalue weighted by atomic mass is 9.88. The Kier molecular flexibility index (Phi) is 10.0. The minimum absolute atomic E-state index is 0.0922. The van der Waals surface area contributed by atoms with Gasteiger partial charge in [-0.3, -0.25) is 9.59 Å². The summed E-state index contributed by atoms with van der Waals surface area (Å²) in [6.07, 6.45) is 4.99. The molecule has 3 aromatic carbocycles. The van der Waals surface area contributed by atoms with E-state index in [1.165, 1.54) is 0 Å². The molecule has 1 saturated carbocycles. The molecule has 10 heteroatoms. The van der Waals surface area contributed by atoms with E-state index in [-0.39, 0.29) is 61.7 Å². The van der Waals surface area contributed by atoms with Crippen LogP contribution in [-0.4, -0.2) is 67.2 Å². The predicted octanol–water partition coefficient (Wildman–Crippen LogP) is 3.50. The highest BCUT2D eigenvalue weighted by atomic mass is 16.5. The van der Waals surface area contributed by atoms with E-state index in [4.69, 9.17) is 9.84 Å². The quantitative estimate of drug-likeness (QED) is 0.171. The van der Waals surface area contributed by atoms with Gasteiger partial charge in [-0.1, -0.05) is 43.8 Å². The number of amides is 2. The third kappa shape index (κ3) is 6.86. The highest BCUT2D eigenvalue weighted by Gasteiger charge is 2.65. The fraction of sp³-hybridized carbons (Fsp3) is 0.350. The molecule has 3 unspecified atom stereocenters. The van der Waals surface area contributed by atoms with Gasteiger partial charge in [0.25, 0.3) is 0 Å². The molecule has 260 valence electrons. The van der Waals surface area contributed by atoms with E-state index in [9.17, 15) is 14.7 Å². The second-order valence-corrected chi connectivity index (χ2v) is 13.6. The summed E-state index contributed by atoms with van der Waals surface area (Å²) in [6, 6.07) is 18.2. The van der Waals surface area contributed by atoms with Crippen LogP contribution in [-0.2, 0) is 16.2 Å². The Morgan fingerprint density at radius 2 is 1.74 bits per heavy atom. The summed E-state index contributed by atoms with van der Waals surface area (Å²) < 4.78 is 6.41. The van der Waals surface area contributed by atoms with Crippen molar-refractivity contribution in [3.05, 3.63) is 93.4 Å². The summed E-state index contributed by atoms with van der Waals surface area (Å²) >= 11 is 0. The summed E-state index contributed by atoms with van der Waals surface area (Å²) in [5.74, 6) is 1.47. The van der Waals surface area contributed by atoms with Crippen molar-refractivity contribution in [1.29, 1.82) is 0 Å². The molecule has 3 atom stereocenters. The van der Waals surface area contributed by atoms with Gasteiger partial charge in [0.2, 0.25) is 11.8 Å². The van der Waals surface area contributed by atoms with Crippen LogP contribution in [0, 0.1) is 17.3 Å². The lowest BCUT2D eigenvalue weighted by Crippen LogP contribution is -2.29. The first kappa shape index (κ1) is 34.8. The predicted molar refractivity (Wildman–Crippen MR) is 198 cm³/mol. The fourth-order valence-corrected chi connectivity index (χ4v) is 7.13. The van der Waals surface area contributed by atoms with Crippen LogP contribution in [0.5, 0.6) is 11.5 Å².